The molecule has 0 aromatic heterocycles. The molecule has 0 radical (unpaired) electrons. The molecule has 0 amide bonds. The zero-order valence-corrected chi connectivity index (χ0v) is 8.11. The van der Waals surface area contributed by atoms with Crippen LogP contribution in [0.3, 0.4) is 0 Å². The molecule has 0 saturated carbocycles. The maximum atomic E-state index is 12.1. The molecule has 0 saturated heterocycles. The summed E-state index contributed by atoms with van der Waals surface area (Å²) in [6.45, 7) is 0.219. The summed E-state index contributed by atoms with van der Waals surface area (Å²) in [4.78, 5) is 0. The van der Waals surface area contributed by atoms with Gasteiger partial charge < -0.3 is 10.5 Å². The number of rotatable bonds is 4. The summed E-state index contributed by atoms with van der Waals surface area (Å²) in [6.07, 6.45) is 0.439. The summed E-state index contributed by atoms with van der Waals surface area (Å²) in [5.74, 6) is 0.529. The average Bonchev–Trinajstić information content (AvgIpc) is 2.31. The molecule has 2 N–H and O–H groups in total. The van der Waals surface area contributed by atoms with Crippen LogP contribution >= 0.6 is 0 Å². The van der Waals surface area contributed by atoms with Crippen LogP contribution in [0.25, 0.3) is 0 Å². The second kappa shape index (κ2) is 5.78. The molecule has 0 aliphatic heterocycles. The standard InChI is InChI=1S/C11H11FN2O/c12-5-10(7-14)8-15-11-3-1-2-9(4-11)6-13/h1-5H,7-8,14H2/b10-5+. The molecular formula is C11H11FN2O. The Morgan fingerprint density at radius 1 is 1.60 bits per heavy atom. The van der Waals surface area contributed by atoms with E-state index in [1.165, 1.54) is 0 Å². The quantitative estimate of drug-likeness (QED) is 0.816. The van der Waals surface area contributed by atoms with Gasteiger partial charge in [0.1, 0.15) is 12.4 Å². The largest absolute Gasteiger partial charge is 0.489 e. The lowest BCUT2D eigenvalue weighted by molar-refractivity contribution is 0.347. The molecule has 78 valence electrons. The maximum Gasteiger partial charge on any atom is 0.121 e. The molecular weight excluding hydrogens is 195 g/mol. The predicted octanol–water partition coefficient (Wildman–Crippen LogP) is 1.75. The smallest absolute Gasteiger partial charge is 0.121 e. The van der Waals surface area contributed by atoms with Gasteiger partial charge in [-0.2, -0.15) is 5.26 Å². The lowest BCUT2D eigenvalue weighted by atomic mass is 10.2. The van der Waals surface area contributed by atoms with E-state index in [4.69, 9.17) is 15.7 Å². The van der Waals surface area contributed by atoms with Crippen molar-refractivity contribution in [1.82, 2.24) is 0 Å². The Balaban J connectivity index is 2.62. The molecule has 1 aromatic carbocycles. The summed E-state index contributed by atoms with van der Waals surface area (Å²) in [6, 6.07) is 8.65. The van der Waals surface area contributed by atoms with Crippen LogP contribution in [0.5, 0.6) is 5.75 Å². The van der Waals surface area contributed by atoms with Gasteiger partial charge in [0.2, 0.25) is 0 Å². The van der Waals surface area contributed by atoms with Crippen LogP contribution in [0.4, 0.5) is 4.39 Å². The molecule has 0 atom stereocenters. The zero-order valence-electron chi connectivity index (χ0n) is 8.11. The third-order valence-corrected chi connectivity index (χ3v) is 1.80. The molecule has 0 aliphatic carbocycles. The van der Waals surface area contributed by atoms with Gasteiger partial charge in [-0.15, -0.1) is 0 Å². The summed E-state index contributed by atoms with van der Waals surface area (Å²) >= 11 is 0. The molecule has 3 nitrogen and oxygen atoms in total. The molecule has 15 heavy (non-hydrogen) atoms. The van der Waals surface area contributed by atoms with Gasteiger partial charge in [-0.1, -0.05) is 6.07 Å². The Labute approximate surface area is 87.6 Å². The first-order chi connectivity index (χ1) is 7.30. The highest BCUT2D eigenvalue weighted by atomic mass is 19.1. The highest BCUT2D eigenvalue weighted by Gasteiger charge is 1.98. The van der Waals surface area contributed by atoms with E-state index >= 15 is 0 Å². The van der Waals surface area contributed by atoms with Gasteiger partial charge in [-0.05, 0) is 18.2 Å². The van der Waals surface area contributed by atoms with E-state index in [-0.39, 0.29) is 13.2 Å². The van der Waals surface area contributed by atoms with E-state index in [9.17, 15) is 4.39 Å². The fraction of sp³-hybridized carbons (Fsp3) is 0.182. The molecule has 0 spiro atoms. The van der Waals surface area contributed by atoms with Crippen molar-refractivity contribution in [3.8, 4) is 11.8 Å². The number of halogens is 1. The third-order valence-electron chi connectivity index (χ3n) is 1.80. The van der Waals surface area contributed by atoms with Gasteiger partial charge in [0, 0.05) is 12.1 Å². The Morgan fingerprint density at radius 3 is 3.00 bits per heavy atom. The van der Waals surface area contributed by atoms with Crippen LogP contribution in [0.2, 0.25) is 0 Å². The van der Waals surface area contributed by atoms with Crippen molar-refractivity contribution in [3.05, 3.63) is 41.7 Å². The number of nitrogens with zero attached hydrogens (tertiary/aromatic N) is 1. The minimum Gasteiger partial charge on any atom is -0.489 e. The van der Waals surface area contributed by atoms with Crippen LogP contribution < -0.4 is 10.5 Å². The molecule has 0 aliphatic rings. The van der Waals surface area contributed by atoms with E-state index in [1.54, 1.807) is 24.3 Å². The SMILES string of the molecule is N#Cc1cccc(OC/C(=C/F)CN)c1. The number of hydrogen-bond donors (Lipinski definition) is 1. The van der Waals surface area contributed by atoms with Crippen molar-refractivity contribution in [2.45, 2.75) is 0 Å². The fourth-order valence-electron chi connectivity index (χ4n) is 0.966. The van der Waals surface area contributed by atoms with Crippen LogP contribution in [0, 0.1) is 11.3 Å². The van der Waals surface area contributed by atoms with Crippen LogP contribution in [0.1, 0.15) is 5.56 Å². The average molecular weight is 206 g/mol. The monoisotopic (exact) mass is 206 g/mol. The van der Waals surface area contributed by atoms with Gasteiger partial charge in [0.15, 0.2) is 0 Å². The van der Waals surface area contributed by atoms with Crippen molar-refractivity contribution in [3.63, 3.8) is 0 Å². The Bertz CT molecular complexity index is 396. The Kier molecular flexibility index (Phi) is 4.32. The number of hydrogen-bond acceptors (Lipinski definition) is 3. The first-order valence-electron chi connectivity index (χ1n) is 4.41. The highest BCUT2D eigenvalue weighted by Crippen LogP contribution is 2.13. The van der Waals surface area contributed by atoms with Gasteiger partial charge in [-0.3, -0.25) is 0 Å². The zero-order chi connectivity index (χ0) is 11.1. The number of nitrogens with two attached hydrogens (primary N) is 1. The van der Waals surface area contributed by atoms with Crippen molar-refractivity contribution < 1.29 is 9.13 Å². The number of benzene rings is 1. The molecule has 0 unspecified atom stereocenters. The van der Waals surface area contributed by atoms with E-state index < -0.39 is 0 Å². The van der Waals surface area contributed by atoms with E-state index in [1.807, 2.05) is 6.07 Å². The minimum atomic E-state index is 0.0991. The van der Waals surface area contributed by atoms with E-state index in [0.717, 1.165) is 0 Å². The highest BCUT2D eigenvalue weighted by molar-refractivity contribution is 5.36. The molecule has 4 heteroatoms. The summed E-state index contributed by atoms with van der Waals surface area (Å²) in [5, 5.41) is 8.63. The number of nitriles is 1. The van der Waals surface area contributed by atoms with Crippen molar-refractivity contribution >= 4 is 0 Å². The molecule has 0 bridgehead atoms. The van der Waals surface area contributed by atoms with E-state index in [0.29, 0.717) is 23.2 Å². The summed E-state index contributed by atoms with van der Waals surface area (Å²) < 4.78 is 17.4. The first-order valence-corrected chi connectivity index (χ1v) is 4.41. The van der Waals surface area contributed by atoms with E-state index in [2.05, 4.69) is 0 Å². The molecule has 0 heterocycles. The van der Waals surface area contributed by atoms with Crippen molar-refractivity contribution in [2.75, 3.05) is 13.2 Å². The predicted molar refractivity (Wildman–Crippen MR) is 54.9 cm³/mol. The molecule has 1 rings (SSSR count). The summed E-state index contributed by atoms with van der Waals surface area (Å²) in [7, 11) is 0. The second-order valence-electron chi connectivity index (χ2n) is 2.90. The Hall–Kier alpha value is -1.86. The minimum absolute atomic E-state index is 0.0991. The van der Waals surface area contributed by atoms with Gasteiger partial charge in [0.25, 0.3) is 0 Å². The first kappa shape index (κ1) is 11.2. The normalized spacial score (nSPS) is 10.9. The van der Waals surface area contributed by atoms with Gasteiger partial charge in [-0.25, -0.2) is 4.39 Å². The summed E-state index contributed by atoms with van der Waals surface area (Å²) in [5.41, 5.74) is 6.14. The van der Waals surface area contributed by atoms with Crippen molar-refractivity contribution in [2.24, 2.45) is 5.73 Å². The second-order valence-corrected chi connectivity index (χ2v) is 2.90. The maximum absolute atomic E-state index is 12.1. The molecule has 0 fully saturated rings. The van der Waals surface area contributed by atoms with Crippen LogP contribution in [-0.2, 0) is 0 Å². The van der Waals surface area contributed by atoms with Gasteiger partial charge in [0.05, 0.1) is 18.0 Å². The number of ether oxygens (including phenoxy) is 1. The van der Waals surface area contributed by atoms with Crippen molar-refractivity contribution in [1.29, 1.82) is 5.26 Å². The fourth-order valence-corrected chi connectivity index (χ4v) is 0.966. The lowest BCUT2D eigenvalue weighted by Gasteiger charge is -2.06. The van der Waals surface area contributed by atoms with Gasteiger partial charge >= 0.3 is 0 Å². The topological polar surface area (TPSA) is 59.0 Å². The lowest BCUT2D eigenvalue weighted by Crippen LogP contribution is -2.10. The van der Waals surface area contributed by atoms with Crippen LogP contribution in [0.15, 0.2) is 36.2 Å². The molecule has 1 aromatic rings. The van der Waals surface area contributed by atoms with Crippen LogP contribution in [-0.4, -0.2) is 13.2 Å². The Morgan fingerprint density at radius 2 is 2.40 bits per heavy atom. The third kappa shape index (κ3) is 3.41.